The Labute approximate surface area is 219 Å². The van der Waals surface area contributed by atoms with Crippen molar-refractivity contribution in [2.45, 2.75) is 38.1 Å². The number of ether oxygens (including phenoxy) is 1. The summed E-state index contributed by atoms with van der Waals surface area (Å²) < 4.78 is 5.86. The van der Waals surface area contributed by atoms with Gasteiger partial charge in [-0.2, -0.15) is 0 Å². The number of ketones is 1. The monoisotopic (exact) mass is 525 g/mol. The molecule has 6 N–H and O–H groups in total. The summed E-state index contributed by atoms with van der Waals surface area (Å²) in [4.78, 5) is 53.4. The second kappa shape index (κ2) is 13.2. The maximum Gasteiger partial charge on any atom is 0.372 e. The molecule has 0 saturated carbocycles. The summed E-state index contributed by atoms with van der Waals surface area (Å²) >= 11 is 0. The van der Waals surface area contributed by atoms with E-state index in [2.05, 4.69) is 15.2 Å². The average molecular weight is 526 g/mol. The molecule has 12 nitrogen and oxygen atoms in total. The number of amides is 1. The quantitative estimate of drug-likeness (QED) is 0.144. The molecule has 0 bridgehead atoms. The van der Waals surface area contributed by atoms with E-state index in [1.165, 1.54) is 18.2 Å². The predicted octanol–water partition coefficient (Wildman–Crippen LogP) is 1.21. The molecule has 2 unspecified atom stereocenters. The Balaban J connectivity index is 1.72. The highest BCUT2D eigenvalue weighted by atomic mass is 16.5. The number of carboxylic acids is 2. The lowest BCUT2D eigenvalue weighted by atomic mass is 9.96. The summed E-state index contributed by atoms with van der Waals surface area (Å²) in [6.07, 6.45) is 4.33. The van der Waals surface area contributed by atoms with Crippen LogP contribution in [0, 0.1) is 11.3 Å². The van der Waals surface area contributed by atoms with E-state index >= 15 is 0 Å². The van der Waals surface area contributed by atoms with Crippen molar-refractivity contribution in [3.8, 4) is 5.75 Å². The van der Waals surface area contributed by atoms with Gasteiger partial charge in [0.25, 0.3) is 0 Å². The number of aliphatic carboxylic acids is 2. The van der Waals surface area contributed by atoms with E-state index in [4.69, 9.17) is 21.0 Å². The van der Waals surface area contributed by atoms with E-state index in [1.54, 1.807) is 12.4 Å². The first-order valence-corrected chi connectivity index (χ1v) is 12.2. The van der Waals surface area contributed by atoms with Crippen molar-refractivity contribution >= 4 is 35.2 Å². The summed E-state index contributed by atoms with van der Waals surface area (Å²) in [5.41, 5.74) is 7.10. The number of amidine groups is 1. The maximum absolute atomic E-state index is 13.2. The second-order valence-corrected chi connectivity index (χ2v) is 9.08. The minimum atomic E-state index is -1.59. The van der Waals surface area contributed by atoms with E-state index in [-0.39, 0.29) is 48.4 Å². The molecule has 1 saturated heterocycles. The second-order valence-electron chi connectivity index (χ2n) is 9.08. The number of nitrogens with one attached hydrogen (secondary N) is 2. The lowest BCUT2D eigenvalue weighted by Crippen LogP contribution is -2.47. The third kappa shape index (κ3) is 8.02. The minimum Gasteiger partial charge on any atom is -0.491 e. The van der Waals surface area contributed by atoms with Gasteiger partial charge in [-0.1, -0.05) is 12.1 Å². The Morgan fingerprint density at radius 2 is 1.92 bits per heavy atom. The molecule has 1 aromatic heterocycles. The van der Waals surface area contributed by atoms with Gasteiger partial charge in [0, 0.05) is 55.1 Å². The fraction of sp³-hybridized carbons (Fsp3) is 0.385. The van der Waals surface area contributed by atoms with Crippen LogP contribution in [0.3, 0.4) is 0 Å². The first-order chi connectivity index (χ1) is 18.1. The van der Waals surface area contributed by atoms with E-state index < -0.39 is 30.2 Å². The van der Waals surface area contributed by atoms with Crippen molar-refractivity contribution in [1.82, 2.24) is 10.3 Å². The van der Waals surface area contributed by atoms with Crippen LogP contribution in [0.4, 0.5) is 5.69 Å². The van der Waals surface area contributed by atoms with Crippen molar-refractivity contribution in [3.05, 3.63) is 53.9 Å². The number of carbonyl (C=O) groups excluding carboxylic acids is 2. The zero-order chi connectivity index (χ0) is 27.7. The number of aromatic nitrogens is 1. The molecule has 1 amide bonds. The van der Waals surface area contributed by atoms with Crippen LogP contribution >= 0.6 is 0 Å². The zero-order valence-corrected chi connectivity index (χ0v) is 20.8. The molecule has 12 heteroatoms. The summed E-state index contributed by atoms with van der Waals surface area (Å²) in [6, 6.07) is 7.43. The summed E-state index contributed by atoms with van der Waals surface area (Å²) in [5.74, 6) is -4.32. The Hall–Kier alpha value is -4.48. The largest absolute Gasteiger partial charge is 0.491 e. The third-order valence-electron chi connectivity index (χ3n) is 6.28. The van der Waals surface area contributed by atoms with Gasteiger partial charge in [-0.15, -0.1) is 0 Å². The van der Waals surface area contributed by atoms with Gasteiger partial charge >= 0.3 is 11.9 Å². The average Bonchev–Trinajstić information content (AvgIpc) is 2.91. The van der Waals surface area contributed by atoms with E-state index in [0.29, 0.717) is 18.5 Å². The number of hydrogen-bond donors (Lipinski definition) is 5. The van der Waals surface area contributed by atoms with Crippen LogP contribution in [0.5, 0.6) is 5.75 Å². The summed E-state index contributed by atoms with van der Waals surface area (Å²) in [5, 5.41) is 28.7. The Morgan fingerprint density at radius 1 is 1.18 bits per heavy atom. The van der Waals surface area contributed by atoms with E-state index in [9.17, 15) is 24.3 Å². The summed E-state index contributed by atoms with van der Waals surface area (Å²) in [6.45, 7) is 1.18. The number of Topliss-reactive ketones (excluding diaryl/α,β-unsaturated/α-hetero) is 1. The molecule has 1 aliphatic rings. The van der Waals surface area contributed by atoms with Gasteiger partial charge in [-0.05, 0) is 37.5 Å². The fourth-order valence-corrected chi connectivity index (χ4v) is 4.24. The highest BCUT2D eigenvalue weighted by molar-refractivity contribution is 6.33. The Kier molecular flexibility index (Phi) is 9.74. The molecule has 0 radical (unpaired) electrons. The minimum absolute atomic E-state index is 0.0949. The number of carboxylic acid groups (broad SMARTS) is 2. The van der Waals surface area contributed by atoms with Gasteiger partial charge < -0.3 is 30.9 Å². The number of hydrogen-bond acceptors (Lipinski definition) is 8. The maximum atomic E-state index is 13.2. The van der Waals surface area contributed by atoms with Crippen LogP contribution in [0.25, 0.3) is 0 Å². The van der Waals surface area contributed by atoms with Crippen LogP contribution in [0.15, 0.2) is 42.7 Å². The lowest BCUT2D eigenvalue weighted by molar-refractivity contribution is -0.148. The Morgan fingerprint density at radius 3 is 2.58 bits per heavy atom. The molecule has 2 aromatic rings. The molecule has 0 spiro atoms. The predicted molar refractivity (Wildman–Crippen MR) is 137 cm³/mol. The van der Waals surface area contributed by atoms with Gasteiger partial charge in [-0.25, -0.2) is 4.79 Å². The Bertz CT molecular complexity index is 1190. The molecule has 1 aromatic carbocycles. The number of anilines is 1. The third-order valence-corrected chi connectivity index (χ3v) is 6.28. The fourth-order valence-electron chi connectivity index (χ4n) is 4.24. The van der Waals surface area contributed by atoms with Crippen molar-refractivity contribution in [1.29, 1.82) is 5.41 Å². The number of rotatable bonds is 13. The molecule has 202 valence electrons. The van der Waals surface area contributed by atoms with Crippen molar-refractivity contribution in [2.24, 2.45) is 11.7 Å². The van der Waals surface area contributed by atoms with Gasteiger partial charge in [-0.3, -0.25) is 24.8 Å². The highest BCUT2D eigenvalue weighted by Crippen LogP contribution is 2.24. The van der Waals surface area contributed by atoms with E-state index in [0.717, 1.165) is 18.7 Å². The molecule has 1 fully saturated rings. The first kappa shape index (κ1) is 28.1. The van der Waals surface area contributed by atoms with Crippen molar-refractivity contribution in [2.75, 3.05) is 24.6 Å². The smallest absolute Gasteiger partial charge is 0.372 e. The summed E-state index contributed by atoms with van der Waals surface area (Å²) in [7, 11) is 0. The van der Waals surface area contributed by atoms with Crippen molar-refractivity contribution < 1.29 is 34.1 Å². The number of pyridine rings is 1. The normalized spacial score (nSPS) is 15.8. The molecule has 2 atom stereocenters. The van der Waals surface area contributed by atoms with Crippen LogP contribution in [-0.4, -0.2) is 70.4 Å². The van der Waals surface area contributed by atoms with Gasteiger partial charge in [0.15, 0.2) is 0 Å². The zero-order valence-electron chi connectivity index (χ0n) is 20.8. The number of piperidine rings is 1. The van der Waals surface area contributed by atoms with Crippen LogP contribution < -0.4 is 20.7 Å². The lowest BCUT2D eigenvalue weighted by Gasteiger charge is -2.34. The number of benzene rings is 1. The van der Waals surface area contributed by atoms with Crippen LogP contribution in [0.2, 0.25) is 0 Å². The number of carbonyl (C=O) groups is 4. The standard InChI is InChI=1S/C26H31N5O7/c27-24(28)17-4-3-16(12-21(32)26(36)37)22(13-17)38-15-19(5-6-23(33)34)30-25(35)18-2-1-11-31(14-18)20-7-9-29-10-8-20/h3-4,7-10,13,18-19H,1-2,5-6,11-12,14-15H2,(H3,27,28)(H,30,35)(H,33,34)(H,36,37). The molecular weight excluding hydrogens is 494 g/mol. The molecule has 3 rings (SSSR count). The van der Waals surface area contributed by atoms with Crippen LogP contribution in [-0.2, 0) is 25.6 Å². The molecule has 1 aliphatic heterocycles. The number of nitrogen functional groups attached to an aromatic ring is 1. The molecule has 2 heterocycles. The number of nitrogens with zero attached hydrogens (tertiary/aromatic N) is 2. The van der Waals surface area contributed by atoms with E-state index in [1.807, 2.05) is 12.1 Å². The molecular formula is C26H31N5O7. The first-order valence-electron chi connectivity index (χ1n) is 12.2. The van der Waals surface area contributed by atoms with Crippen LogP contribution in [0.1, 0.15) is 36.8 Å². The highest BCUT2D eigenvalue weighted by Gasteiger charge is 2.28. The van der Waals surface area contributed by atoms with Gasteiger partial charge in [0.2, 0.25) is 11.7 Å². The molecule has 0 aliphatic carbocycles. The molecule has 38 heavy (non-hydrogen) atoms. The number of nitrogens with two attached hydrogens (primary N) is 1. The van der Waals surface area contributed by atoms with Gasteiger partial charge in [0.1, 0.15) is 18.2 Å². The van der Waals surface area contributed by atoms with Crippen molar-refractivity contribution in [3.63, 3.8) is 0 Å². The van der Waals surface area contributed by atoms with Gasteiger partial charge in [0.05, 0.1) is 12.0 Å². The SMILES string of the molecule is N=C(N)c1ccc(CC(=O)C(=O)O)c(OCC(CCC(=O)O)NC(=O)C2CCCN(c3ccncc3)C2)c1. The topological polar surface area (TPSA) is 196 Å².